The minimum absolute atomic E-state index is 0.0289. The minimum Gasteiger partial charge on any atom is -0.360 e. The monoisotopic (exact) mass is 340 g/mol. The highest BCUT2D eigenvalue weighted by Crippen LogP contribution is 2.37. The zero-order valence-electron chi connectivity index (χ0n) is 14.5. The molecule has 1 aliphatic heterocycles. The van der Waals surface area contributed by atoms with Crippen LogP contribution in [-0.2, 0) is 4.79 Å². The van der Waals surface area contributed by atoms with Crippen molar-refractivity contribution in [3.05, 3.63) is 54.1 Å². The Morgan fingerprint density at radius 2 is 1.92 bits per heavy atom. The van der Waals surface area contributed by atoms with E-state index in [0.29, 0.717) is 17.7 Å². The molecule has 0 fully saturated rings. The number of nitrogens with one attached hydrogen (secondary N) is 1. The van der Waals surface area contributed by atoms with E-state index in [1.165, 1.54) is 10.5 Å². The van der Waals surface area contributed by atoms with Crippen LogP contribution in [0.3, 0.4) is 0 Å². The second-order valence-electron chi connectivity index (χ2n) is 6.60. The zero-order chi connectivity index (χ0) is 17.1. The molecule has 0 spiro atoms. The van der Waals surface area contributed by atoms with Crippen molar-refractivity contribution in [3.8, 4) is 0 Å². The van der Waals surface area contributed by atoms with Crippen LogP contribution in [0.4, 0.5) is 11.4 Å². The second-order valence-corrected chi connectivity index (χ2v) is 8.08. The van der Waals surface area contributed by atoms with Crippen molar-refractivity contribution in [1.29, 1.82) is 0 Å². The molecule has 1 N–H and O–H groups in total. The fourth-order valence-electron chi connectivity index (χ4n) is 2.96. The lowest BCUT2D eigenvalue weighted by molar-refractivity contribution is -0.115. The number of anilines is 2. The van der Waals surface area contributed by atoms with Gasteiger partial charge in [-0.2, -0.15) is 0 Å². The summed E-state index contributed by atoms with van der Waals surface area (Å²) in [5.41, 5.74) is 3.30. The van der Waals surface area contributed by atoms with Gasteiger partial charge in [-0.15, -0.1) is 11.8 Å². The summed E-state index contributed by atoms with van der Waals surface area (Å²) in [5, 5.41) is 3.50. The van der Waals surface area contributed by atoms with E-state index in [2.05, 4.69) is 61.3 Å². The van der Waals surface area contributed by atoms with Crippen LogP contribution >= 0.6 is 11.8 Å². The smallest absolute Gasteiger partial charge is 0.243 e. The van der Waals surface area contributed by atoms with E-state index in [-0.39, 0.29) is 5.91 Å². The number of amides is 1. The number of carbonyl (C=O) groups is 1. The quantitative estimate of drug-likeness (QED) is 0.872. The van der Waals surface area contributed by atoms with Gasteiger partial charge in [-0.05, 0) is 35.7 Å². The molecule has 0 aliphatic carbocycles. The van der Waals surface area contributed by atoms with Gasteiger partial charge in [0.15, 0.2) is 0 Å². The fraction of sp³-hybridized carbons (Fsp3) is 0.350. The highest BCUT2D eigenvalue weighted by atomic mass is 32.2. The highest BCUT2D eigenvalue weighted by molar-refractivity contribution is 8.00. The van der Waals surface area contributed by atoms with E-state index in [1.807, 2.05) is 30.0 Å². The molecule has 1 atom stereocenters. The number of thioether (sulfide) groups is 1. The van der Waals surface area contributed by atoms with Crippen LogP contribution in [0.25, 0.3) is 0 Å². The maximum Gasteiger partial charge on any atom is 0.243 e. The number of carbonyl (C=O) groups excluding carboxylic acids is 1. The molecule has 0 bridgehead atoms. The first-order valence-corrected chi connectivity index (χ1v) is 9.31. The molecule has 2 aromatic rings. The van der Waals surface area contributed by atoms with Gasteiger partial charge in [0.25, 0.3) is 0 Å². The molecule has 3 rings (SSSR count). The summed E-state index contributed by atoms with van der Waals surface area (Å²) >= 11 is 1.88. The first-order chi connectivity index (χ1) is 11.5. The van der Waals surface area contributed by atoms with Crippen LogP contribution in [0.2, 0.25) is 0 Å². The van der Waals surface area contributed by atoms with Crippen molar-refractivity contribution < 1.29 is 4.79 Å². The fourth-order valence-corrected chi connectivity index (χ4v) is 4.12. The Morgan fingerprint density at radius 1 is 1.21 bits per heavy atom. The number of nitrogens with zero attached hydrogens (tertiary/aromatic N) is 1. The SMILES string of the molecule is CC(C)c1ccc(NC(=O)CN2C[C@H](C)Sc3ccccc32)cc1. The number of fused-ring (bicyclic) bond motifs is 1. The Morgan fingerprint density at radius 3 is 2.62 bits per heavy atom. The second kappa shape index (κ2) is 7.31. The molecule has 0 saturated heterocycles. The molecular formula is C20H24N2OS. The van der Waals surface area contributed by atoms with Gasteiger partial charge in [-0.25, -0.2) is 0 Å². The molecule has 0 saturated carbocycles. The standard InChI is InChI=1S/C20H24N2OS/c1-14(2)16-8-10-17(11-9-16)21-20(23)13-22-12-15(3)24-19-7-5-4-6-18(19)22/h4-11,14-15H,12-13H2,1-3H3,(H,21,23)/t15-/m0/s1. The van der Waals surface area contributed by atoms with Gasteiger partial charge in [-0.3, -0.25) is 4.79 Å². The third-order valence-corrected chi connectivity index (χ3v) is 5.36. The molecule has 1 heterocycles. The van der Waals surface area contributed by atoms with Crippen molar-refractivity contribution in [2.24, 2.45) is 0 Å². The molecule has 0 radical (unpaired) electrons. The number of rotatable bonds is 4. The van der Waals surface area contributed by atoms with Gasteiger partial charge < -0.3 is 10.2 Å². The van der Waals surface area contributed by atoms with Crippen molar-refractivity contribution in [3.63, 3.8) is 0 Å². The Balaban J connectivity index is 1.67. The van der Waals surface area contributed by atoms with Crippen LogP contribution in [0, 0.1) is 0 Å². The van der Waals surface area contributed by atoms with Gasteiger partial charge in [-0.1, -0.05) is 45.0 Å². The van der Waals surface area contributed by atoms with E-state index in [4.69, 9.17) is 0 Å². The predicted molar refractivity (Wildman–Crippen MR) is 103 cm³/mol. The molecule has 0 aromatic heterocycles. The van der Waals surface area contributed by atoms with Crippen molar-refractivity contribution in [2.45, 2.75) is 36.8 Å². The van der Waals surface area contributed by atoms with E-state index < -0.39 is 0 Å². The first-order valence-electron chi connectivity index (χ1n) is 8.43. The molecular weight excluding hydrogens is 316 g/mol. The Hall–Kier alpha value is -1.94. The maximum atomic E-state index is 12.5. The first kappa shape index (κ1) is 16.9. The van der Waals surface area contributed by atoms with Crippen LogP contribution in [0.1, 0.15) is 32.3 Å². The largest absolute Gasteiger partial charge is 0.360 e. The summed E-state index contributed by atoms with van der Waals surface area (Å²) in [6, 6.07) is 16.4. The van der Waals surface area contributed by atoms with E-state index in [1.54, 1.807) is 0 Å². The van der Waals surface area contributed by atoms with Crippen molar-refractivity contribution >= 4 is 29.0 Å². The van der Waals surface area contributed by atoms with Crippen LogP contribution in [-0.4, -0.2) is 24.2 Å². The average molecular weight is 340 g/mol. The van der Waals surface area contributed by atoms with Gasteiger partial charge in [0.05, 0.1) is 12.2 Å². The molecule has 1 amide bonds. The number of hydrogen-bond donors (Lipinski definition) is 1. The van der Waals surface area contributed by atoms with Gasteiger partial charge in [0.2, 0.25) is 5.91 Å². The van der Waals surface area contributed by atoms with Crippen molar-refractivity contribution in [2.75, 3.05) is 23.3 Å². The summed E-state index contributed by atoms with van der Waals surface area (Å²) in [7, 11) is 0. The van der Waals surface area contributed by atoms with Gasteiger partial charge in [0, 0.05) is 22.4 Å². The molecule has 0 unspecified atom stereocenters. The molecule has 126 valence electrons. The molecule has 4 heteroatoms. The van der Waals surface area contributed by atoms with Crippen LogP contribution in [0.5, 0.6) is 0 Å². The number of para-hydroxylation sites is 1. The van der Waals surface area contributed by atoms with Crippen molar-refractivity contribution in [1.82, 2.24) is 0 Å². The maximum absolute atomic E-state index is 12.5. The Kier molecular flexibility index (Phi) is 5.14. The van der Waals surface area contributed by atoms with Crippen LogP contribution in [0.15, 0.2) is 53.4 Å². The summed E-state index contributed by atoms with van der Waals surface area (Å²) < 4.78 is 0. The van der Waals surface area contributed by atoms with E-state index >= 15 is 0 Å². The lowest BCUT2D eigenvalue weighted by Gasteiger charge is -2.33. The summed E-state index contributed by atoms with van der Waals surface area (Å²) in [4.78, 5) is 15.9. The average Bonchev–Trinajstić information content (AvgIpc) is 2.55. The summed E-state index contributed by atoms with van der Waals surface area (Å²) in [6.07, 6.45) is 0. The third-order valence-electron chi connectivity index (χ3n) is 4.21. The van der Waals surface area contributed by atoms with Gasteiger partial charge >= 0.3 is 0 Å². The third kappa shape index (κ3) is 3.93. The van der Waals surface area contributed by atoms with Crippen LogP contribution < -0.4 is 10.2 Å². The zero-order valence-corrected chi connectivity index (χ0v) is 15.3. The lowest BCUT2D eigenvalue weighted by Crippen LogP contribution is -2.39. The normalized spacial score (nSPS) is 16.8. The summed E-state index contributed by atoms with van der Waals surface area (Å²) in [6.45, 7) is 7.81. The van der Waals surface area contributed by atoms with Gasteiger partial charge in [0.1, 0.15) is 0 Å². The van der Waals surface area contributed by atoms with E-state index in [9.17, 15) is 4.79 Å². The number of benzene rings is 2. The summed E-state index contributed by atoms with van der Waals surface area (Å²) in [5.74, 6) is 0.528. The van der Waals surface area contributed by atoms with E-state index in [0.717, 1.165) is 17.9 Å². The lowest BCUT2D eigenvalue weighted by atomic mass is 10.0. The molecule has 24 heavy (non-hydrogen) atoms. The molecule has 1 aliphatic rings. The highest BCUT2D eigenvalue weighted by Gasteiger charge is 2.23. The Labute approximate surface area is 148 Å². The Bertz CT molecular complexity index is 712. The number of hydrogen-bond acceptors (Lipinski definition) is 3. The topological polar surface area (TPSA) is 32.3 Å². The predicted octanol–water partition coefficient (Wildman–Crippen LogP) is 4.75. The molecule has 3 nitrogen and oxygen atoms in total. The molecule has 2 aromatic carbocycles. The minimum atomic E-state index is 0.0289.